The average Bonchev–Trinajstić information content (AvgIpc) is 2.82. The minimum Gasteiger partial charge on any atom is -0.338 e. The van der Waals surface area contributed by atoms with E-state index in [2.05, 4.69) is 15.3 Å². The van der Waals surface area contributed by atoms with Gasteiger partial charge in [0.15, 0.2) is 5.82 Å². The summed E-state index contributed by atoms with van der Waals surface area (Å²) in [4.78, 5) is 8.34. The van der Waals surface area contributed by atoms with Crippen LogP contribution in [0.3, 0.4) is 0 Å². The summed E-state index contributed by atoms with van der Waals surface area (Å²) < 4.78 is 0.917. The highest BCUT2D eigenvalue weighted by Gasteiger charge is 2.10. The van der Waals surface area contributed by atoms with Gasteiger partial charge >= 0.3 is 0 Å². The topological polar surface area (TPSA) is 37.8 Å². The van der Waals surface area contributed by atoms with Crippen LogP contribution in [-0.2, 0) is 0 Å². The molecule has 0 atom stereocenters. The van der Waals surface area contributed by atoms with E-state index in [1.165, 1.54) is 11.3 Å². The number of halogens is 3. The molecule has 2 aromatic heterocycles. The largest absolute Gasteiger partial charge is 0.338 e. The van der Waals surface area contributed by atoms with Crippen LogP contribution in [-0.4, -0.2) is 9.97 Å². The number of fused-ring (bicyclic) bond motifs is 1. The molecule has 3 nitrogen and oxygen atoms in total. The van der Waals surface area contributed by atoms with E-state index in [0.29, 0.717) is 21.6 Å². The Bertz CT molecular complexity index is 757. The van der Waals surface area contributed by atoms with E-state index in [4.69, 9.17) is 34.8 Å². The van der Waals surface area contributed by atoms with Crippen molar-refractivity contribution in [3.8, 4) is 0 Å². The van der Waals surface area contributed by atoms with Gasteiger partial charge in [0, 0.05) is 5.02 Å². The molecule has 0 saturated carbocycles. The molecule has 0 unspecified atom stereocenters. The van der Waals surface area contributed by atoms with Crippen LogP contribution in [0.15, 0.2) is 29.6 Å². The van der Waals surface area contributed by atoms with Crippen molar-refractivity contribution in [2.24, 2.45) is 0 Å². The SMILES string of the molecule is Clc1ccc(Cl)c(Nc2nc(Cl)nc3ccsc23)c1. The molecule has 0 aliphatic heterocycles. The molecule has 1 aromatic carbocycles. The molecular formula is C12H6Cl3N3S. The molecule has 3 aromatic rings. The first-order chi connectivity index (χ1) is 9.13. The van der Waals surface area contributed by atoms with E-state index in [0.717, 1.165) is 10.2 Å². The third-order valence-electron chi connectivity index (χ3n) is 2.46. The molecule has 0 saturated heterocycles. The molecular weight excluding hydrogens is 325 g/mol. The second-order valence-electron chi connectivity index (χ2n) is 3.73. The second kappa shape index (κ2) is 5.13. The van der Waals surface area contributed by atoms with Gasteiger partial charge in [-0.2, -0.15) is 4.98 Å². The van der Waals surface area contributed by atoms with E-state index in [-0.39, 0.29) is 5.28 Å². The number of benzene rings is 1. The number of nitrogens with one attached hydrogen (secondary N) is 1. The monoisotopic (exact) mass is 329 g/mol. The molecule has 0 fully saturated rings. The van der Waals surface area contributed by atoms with Crippen molar-refractivity contribution in [2.45, 2.75) is 0 Å². The van der Waals surface area contributed by atoms with Crippen LogP contribution in [0.4, 0.5) is 11.5 Å². The van der Waals surface area contributed by atoms with Crippen molar-refractivity contribution in [1.82, 2.24) is 9.97 Å². The summed E-state index contributed by atoms with van der Waals surface area (Å²) in [7, 11) is 0. The van der Waals surface area contributed by atoms with Gasteiger partial charge in [0.25, 0.3) is 0 Å². The molecule has 1 N–H and O–H groups in total. The predicted molar refractivity (Wildman–Crippen MR) is 82.2 cm³/mol. The minimum atomic E-state index is 0.187. The molecule has 0 radical (unpaired) electrons. The normalized spacial score (nSPS) is 10.9. The maximum atomic E-state index is 6.12. The highest BCUT2D eigenvalue weighted by Crippen LogP contribution is 2.33. The van der Waals surface area contributed by atoms with Crippen LogP contribution in [0, 0.1) is 0 Å². The smallest absolute Gasteiger partial charge is 0.224 e. The lowest BCUT2D eigenvalue weighted by atomic mass is 10.3. The molecule has 0 aliphatic rings. The summed E-state index contributed by atoms with van der Waals surface area (Å²) in [6.07, 6.45) is 0. The van der Waals surface area contributed by atoms with Gasteiger partial charge in [-0.1, -0.05) is 23.2 Å². The highest BCUT2D eigenvalue weighted by atomic mass is 35.5. The van der Waals surface area contributed by atoms with Gasteiger partial charge in [-0.15, -0.1) is 11.3 Å². The van der Waals surface area contributed by atoms with Crippen LogP contribution in [0.1, 0.15) is 0 Å². The Hall–Kier alpha value is -1.07. The van der Waals surface area contributed by atoms with E-state index < -0.39 is 0 Å². The lowest BCUT2D eigenvalue weighted by Gasteiger charge is -2.09. The van der Waals surface area contributed by atoms with Gasteiger partial charge in [-0.25, -0.2) is 4.98 Å². The summed E-state index contributed by atoms with van der Waals surface area (Å²) in [5, 5.41) is 6.41. The lowest BCUT2D eigenvalue weighted by molar-refractivity contribution is 1.23. The molecule has 96 valence electrons. The van der Waals surface area contributed by atoms with Crippen molar-refractivity contribution >= 4 is 67.9 Å². The third kappa shape index (κ3) is 2.62. The average molecular weight is 331 g/mol. The Morgan fingerprint density at radius 1 is 1.05 bits per heavy atom. The number of nitrogens with zero attached hydrogens (tertiary/aromatic N) is 2. The fourth-order valence-electron chi connectivity index (χ4n) is 1.64. The summed E-state index contributed by atoms with van der Waals surface area (Å²) >= 11 is 19.5. The first-order valence-electron chi connectivity index (χ1n) is 5.26. The van der Waals surface area contributed by atoms with Crippen molar-refractivity contribution in [3.63, 3.8) is 0 Å². The van der Waals surface area contributed by atoms with Crippen molar-refractivity contribution in [3.05, 3.63) is 45.0 Å². The van der Waals surface area contributed by atoms with Gasteiger partial charge < -0.3 is 5.32 Å². The Morgan fingerprint density at radius 3 is 2.74 bits per heavy atom. The van der Waals surface area contributed by atoms with Crippen LogP contribution < -0.4 is 5.32 Å². The number of hydrogen-bond acceptors (Lipinski definition) is 4. The summed E-state index contributed by atoms with van der Waals surface area (Å²) in [6, 6.07) is 7.07. The first kappa shape index (κ1) is 12.9. The van der Waals surface area contributed by atoms with Gasteiger partial charge in [-0.05, 0) is 41.2 Å². The van der Waals surface area contributed by atoms with E-state index in [1.807, 2.05) is 11.4 Å². The standard InChI is InChI=1S/C12H6Cl3N3S/c13-6-1-2-7(14)9(5-6)16-11-10-8(3-4-19-10)17-12(15)18-11/h1-5H,(H,16,17,18). The number of thiophene rings is 1. The number of aromatic nitrogens is 2. The molecule has 7 heteroatoms. The maximum Gasteiger partial charge on any atom is 0.224 e. The molecule has 0 bridgehead atoms. The fourth-order valence-corrected chi connectivity index (χ4v) is 2.93. The van der Waals surface area contributed by atoms with Crippen LogP contribution >= 0.6 is 46.1 Å². The fraction of sp³-hybridized carbons (Fsp3) is 0. The van der Waals surface area contributed by atoms with E-state index >= 15 is 0 Å². The van der Waals surface area contributed by atoms with E-state index in [9.17, 15) is 0 Å². The quantitative estimate of drug-likeness (QED) is 0.640. The van der Waals surface area contributed by atoms with Gasteiger partial charge in [0.1, 0.15) is 0 Å². The van der Waals surface area contributed by atoms with Crippen LogP contribution in [0.2, 0.25) is 15.3 Å². The maximum absolute atomic E-state index is 6.12. The van der Waals surface area contributed by atoms with Crippen LogP contribution in [0.5, 0.6) is 0 Å². The first-order valence-corrected chi connectivity index (χ1v) is 7.27. The Morgan fingerprint density at radius 2 is 1.89 bits per heavy atom. The van der Waals surface area contributed by atoms with Crippen molar-refractivity contribution in [1.29, 1.82) is 0 Å². The molecule has 0 aliphatic carbocycles. The highest BCUT2D eigenvalue weighted by molar-refractivity contribution is 7.17. The second-order valence-corrected chi connectivity index (χ2v) is 5.82. The predicted octanol–water partition coefficient (Wildman–Crippen LogP) is 5.40. The lowest BCUT2D eigenvalue weighted by Crippen LogP contribution is -1.96. The zero-order chi connectivity index (χ0) is 13.4. The summed E-state index contributed by atoms with van der Waals surface area (Å²) in [5.74, 6) is 0.620. The third-order valence-corrected chi connectivity index (χ3v) is 4.10. The van der Waals surface area contributed by atoms with E-state index in [1.54, 1.807) is 18.2 Å². The summed E-state index contributed by atoms with van der Waals surface area (Å²) in [6.45, 7) is 0. The summed E-state index contributed by atoms with van der Waals surface area (Å²) in [5.41, 5.74) is 1.48. The Labute approximate surface area is 128 Å². The zero-order valence-electron chi connectivity index (χ0n) is 9.32. The number of hydrogen-bond donors (Lipinski definition) is 1. The molecule has 2 heterocycles. The molecule has 19 heavy (non-hydrogen) atoms. The molecule has 0 amide bonds. The molecule has 3 rings (SSSR count). The van der Waals surface area contributed by atoms with Gasteiger partial charge in [-0.3, -0.25) is 0 Å². The van der Waals surface area contributed by atoms with Gasteiger partial charge in [0.05, 0.1) is 20.9 Å². The minimum absolute atomic E-state index is 0.187. The Kier molecular flexibility index (Phi) is 3.50. The van der Waals surface area contributed by atoms with Gasteiger partial charge in [0.2, 0.25) is 5.28 Å². The van der Waals surface area contributed by atoms with Crippen molar-refractivity contribution in [2.75, 3.05) is 5.32 Å². The van der Waals surface area contributed by atoms with Crippen molar-refractivity contribution < 1.29 is 0 Å². The number of anilines is 2. The molecule has 0 spiro atoms. The Balaban J connectivity index is 2.10. The van der Waals surface area contributed by atoms with Crippen LogP contribution in [0.25, 0.3) is 10.2 Å². The number of rotatable bonds is 2. The zero-order valence-corrected chi connectivity index (χ0v) is 12.4.